The van der Waals surface area contributed by atoms with Crippen molar-refractivity contribution in [3.63, 3.8) is 0 Å². The molecule has 5 atom stereocenters. The van der Waals surface area contributed by atoms with Gasteiger partial charge in [0.15, 0.2) is 0 Å². The van der Waals surface area contributed by atoms with E-state index in [9.17, 15) is 9.59 Å². The molecule has 2 fully saturated rings. The third kappa shape index (κ3) is 3.20. The third-order valence-corrected chi connectivity index (χ3v) is 6.74. The summed E-state index contributed by atoms with van der Waals surface area (Å²) in [5.41, 5.74) is 0.364. The zero-order valence-electron chi connectivity index (χ0n) is 16.3. The fourth-order valence-electron chi connectivity index (χ4n) is 4.67. The van der Waals surface area contributed by atoms with Crippen LogP contribution < -0.4 is 0 Å². The van der Waals surface area contributed by atoms with Crippen LogP contribution in [0.4, 0.5) is 0 Å². The molecule has 3 aliphatic rings. The van der Waals surface area contributed by atoms with Gasteiger partial charge in [0.05, 0.1) is 31.2 Å². The number of carbonyl (C=O) groups is 2. The molecule has 0 radical (unpaired) electrons. The Morgan fingerprint density at radius 2 is 2.11 bits per heavy atom. The van der Waals surface area contributed by atoms with Gasteiger partial charge in [0.25, 0.3) is 0 Å². The zero-order valence-corrected chi connectivity index (χ0v) is 17.9. The average Bonchev–Trinajstić information content (AvgIpc) is 3.33. The highest BCUT2D eigenvalue weighted by Gasteiger charge is 2.67. The Labute approximate surface area is 174 Å². The number of nitrogens with zero attached hydrogens (tertiary/aromatic N) is 1. The van der Waals surface area contributed by atoms with E-state index in [0.717, 1.165) is 29.3 Å². The van der Waals surface area contributed by atoms with Gasteiger partial charge in [-0.3, -0.25) is 9.59 Å². The van der Waals surface area contributed by atoms with Crippen molar-refractivity contribution in [2.45, 2.75) is 50.9 Å². The molecule has 0 N–H and O–H groups in total. The molecule has 0 saturated carbocycles. The predicted octanol–water partition coefficient (Wildman–Crippen LogP) is 4.03. The Bertz CT molecular complexity index is 792. The molecule has 1 aromatic rings. The van der Waals surface area contributed by atoms with Crippen molar-refractivity contribution in [2.75, 3.05) is 13.2 Å². The topological polar surface area (TPSA) is 55.8 Å². The molecule has 1 spiro atoms. The van der Waals surface area contributed by atoms with Gasteiger partial charge in [0, 0.05) is 4.47 Å². The lowest BCUT2D eigenvalue weighted by Crippen LogP contribution is -2.40. The number of esters is 1. The molecule has 5 nitrogen and oxygen atoms in total. The zero-order chi connectivity index (χ0) is 19.9. The number of unbranched alkanes of at least 4 members (excludes halogenated alkanes) is 2. The molecule has 3 heterocycles. The maximum absolute atomic E-state index is 13.3. The van der Waals surface area contributed by atoms with Crippen molar-refractivity contribution < 1.29 is 19.1 Å². The molecular weight excluding hydrogens is 422 g/mol. The molecule has 1 amide bonds. The van der Waals surface area contributed by atoms with E-state index in [0.29, 0.717) is 13.2 Å². The van der Waals surface area contributed by atoms with E-state index in [-0.39, 0.29) is 24.0 Å². The lowest BCUT2D eigenvalue weighted by Gasteiger charge is -2.27. The van der Waals surface area contributed by atoms with Crippen LogP contribution in [-0.4, -0.2) is 41.6 Å². The van der Waals surface area contributed by atoms with Crippen LogP contribution in [0.1, 0.15) is 44.7 Å². The summed E-state index contributed by atoms with van der Waals surface area (Å²) in [6.45, 7) is 5.01. The van der Waals surface area contributed by atoms with Crippen molar-refractivity contribution in [3.8, 4) is 0 Å². The van der Waals surface area contributed by atoms with Crippen LogP contribution in [0.15, 0.2) is 40.9 Å². The second kappa shape index (κ2) is 7.64. The number of benzene rings is 1. The highest BCUT2D eigenvalue weighted by atomic mass is 79.9. The quantitative estimate of drug-likeness (QED) is 0.359. The van der Waals surface area contributed by atoms with Gasteiger partial charge in [-0.25, -0.2) is 0 Å². The van der Waals surface area contributed by atoms with Gasteiger partial charge in [-0.05, 0) is 31.0 Å². The molecule has 0 aliphatic carbocycles. The number of hydrogen-bond acceptors (Lipinski definition) is 4. The van der Waals surface area contributed by atoms with Crippen LogP contribution in [-0.2, 0) is 19.1 Å². The van der Waals surface area contributed by atoms with Gasteiger partial charge < -0.3 is 14.4 Å². The summed E-state index contributed by atoms with van der Waals surface area (Å²) in [6.07, 6.45) is 6.51. The van der Waals surface area contributed by atoms with Gasteiger partial charge in [0.1, 0.15) is 11.5 Å². The summed E-state index contributed by atoms with van der Waals surface area (Å²) in [6, 6.07) is 7.90. The highest BCUT2D eigenvalue weighted by Crippen LogP contribution is 2.53. The summed E-state index contributed by atoms with van der Waals surface area (Å²) in [5.74, 6) is -1.35. The van der Waals surface area contributed by atoms with Gasteiger partial charge >= 0.3 is 5.97 Å². The van der Waals surface area contributed by atoms with Crippen molar-refractivity contribution in [3.05, 3.63) is 46.5 Å². The Morgan fingerprint density at radius 3 is 2.82 bits per heavy atom. The minimum atomic E-state index is -0.696. The van der Waals surface area contributed by atoms with E-state index < -0.39 is 17.4 Å². The number of amides is 1. The van der Waals surface area contributed by atoms with Crippen molar-refractivity contribution in [1.29, 1.82) is 0 Å². The van der Waals surface area contributed by atoms with E-state index in [1.165, 1.54) is 0 Å². The number of halogens is 1. The standard InChI is InChI=1S/C22H26BrNO4/c1-3-4-5-12-27-21(26)18-17-10-11-22(28-17)13-24(20(25)19(18)22)14(2)15-6-8-16(23)9-7-15/h6-11,14,17-19H,3-5,12-13H2,1-2H3/t14-,17-,18-,19+,22-/m1/s1. The lowest BCUT2D eigenvalue weighted by atomic mass is 9.77. The predicted molar refractivity (Wildman–Crippen MR) is 108 cm³/mol. The molecule has 150 valence electrons. The van der Waals surface area contributed by atoms with Crippen LogP contribution in [0, 0.1) is 11.8 Å². The van der Waals surface area contributed by atoms with Crippen LogP contribution in [0.3, 0.4) is 0 Å². The maximum atomic E-state index is 13.3. The van der Waals surface area contributed by atoms with Crippen LogP contribution in [0.5, 0.6) is 0 Å². The molecular formula is C22H26BrNO4. The van der Waals surface area contributed by atoms with Crippen LogP contribution in [0.2, 0.25) is 0 Å². The van der Waals surface area contributed by atoms with Crippen LogP contribution >= 0.6 is 15.9 Å². The minimum absolute atomic E-state index is 0.0159. The number of rotatable bonds is 7. The van der Waals surface area contributed by atoms with Crippen molar-refractivity contribution in [1.82, 2.24) is 4.90 Å². The van der Waals surface area contributed by atoms with Gasteiger partial charge in [-0.15, -0.1) is 0 Å². The first kappa shape index (κ1) is 19.6. The molecule has 4 rings (SSSR count). The summed E-state index contributed by atoms with van der Waals surface area (Å²) in [7, 11) is 0. The monoisotopic (exact) mass is 447 g/mol. The summed E-state index contributed by atoms with van der Waals surface area (Å²) in [4.78, 5) is 27.9. The first-order chi connectivity index (χ1) is 13.5. The summed E-state index contributed by atoms with van der Waals surface area (Å²) < 4.78 is 12.7. The molecule has 0 unspecified atom stereocenters. The highest BCUT2D eigenvalue weighted by molar-refractivity contribution is 9.10. The molecule has 28 heavy (non-hydrogen) atoms. The molecule has 1 aromatic carbocycles. The fourth-order valence-corrected chi connectivity index (χ4v) is 4.93. The number of ether oxygens (including phenoxy) is 2. The molecule has 6 heteroatoms. The van der Waals surface area contributed by atoms with E-state index in [4.69, 9.17) is 9.47 Å². The van der Waals surface area contributed by atoms with Gasteiger partial charge in [-0.1, -0.05) is 60.0 Å². The first-order valence-electron chi connectivity index (χ1n) is 10.1. The van der Waals surface area contributed by atoms with Crippen molar-refractivity contribution in [2.24, 2.45) is 11.8 Å². The number of fused-ring (bicyclic) bond motifs is 1. The van der Waals surface area contributed by atoms with Crippen LogP contribution in [0.25, 0.3) is 0 Å². The van der Waals surface area contributed by atoms with Gasteiger partial charge in [-0.2, -0.15) is 0 Å². The van der Waals surface area contributed by atoms with Crippen molar-refractivity contribution >= 4 is 27.8 Å². The van der Waals surface area contributed by atoms with Gasteiger partial charge in [0.2, 0.25) is 5.91 Å². The Balaban J connectivity index is 1.51. The smallest absolute Gasteiger partial charge is 0.312 e. The fraction of sp³-hybridized carbons (Fsp3) is 0.545. The normalized spacial score (nSPS) is 31.3. The molecule has 3 aliphatic heterocycles. The lowest BCUT2D eigenvalue weighted by molar-refractivity contribution is -0.154. The molecule has 2 bridgehead atoms. The average molecular weight is 448 g/mol. The maximum Gasteiger partial charge on any atom is 0.312 e. The second-order valence-corrected chi connectivity index (χ2v) is 8.88. The molecule has 0 aromatic heterocycles. The third-order valence-electron chi connectivity index (χ3n) is 6.21. The van der Waals surface area contributed by atoms with E-state index in [2.05, 4.69) is 22.9 Å². The van der Waals surface area contributed by atoms with E-state index >= 15 is 0 Å². The Kier molecular flexibility index (Phi) is 5.36. The molecule has 2 saturated heterocycles. The number of hydrogen-bond donors (Lipinski definition) is 0. The minimum Gasteiger partial charge on any atom is -0.465 e. The van der Waals surface area contributed by atoms with E-state index in [1.807, 2.05) is 48.2 Å². The first-order valence-corrected chi connectivity index (χ1v) is 10.9. The second-order valence-electron chi connectivity index (χ2n) is 7.97. The summed E-state index contributed by atoms with van der Waals surface area (Å²) in [5, 5.41) is 0. The largest absolute Gasteiger partial charge is 0.465 e. The Morgan fingerprint density at radius 1 is 1.36 bits per heavy atom. The summed E-state index contributed by atoms with van der Waals surface area (Å²) >= 11 is 3.45. The Hall–Kier alpha value is -1.66. The van der Waals surface area contributed by atoms with E-state index in [1.54, 1.807) is 0 Å². The number of likely N-dealkylation sites (tertiary alicyclic amines) is 1. The number of carbonyl (C=O) groups excluding carboxylic acids is 2. The SMILES string of the molecule is CCCCCOC(=O)[C@H]1[C@H]2C(=O)N([C@H](C)c3ccc(Br)cc3)C[C@]23C=C[C@H]1O3.